The highest BCUT2D eigenvalue weighted by Gasteiger charge is 2.24. The average molecular weight is 437 g/mol. The van der Waals surface area contributed by atoms with E-state index in [9.17, 15) is 5.11 Å². The lowest BCUT2D eigenvalue weighted by Gasteiger charge is -2.18. The fourth-order valence-corrected chi connectivity index (χ4v) is 3.50. The van der Waals surface area contributed by atoms with Gasteiger partial charge in [-0.25, -0.2) is 0 Å². The Bertz CT molecular complexity index is 439. The van der Waals surface area contributed by atoms with Crippen LogP contribution in [0.1, 0.15) is 44.6 Å². The van der Waals surface area contributed by atoms with Crippen molar-refractivity contribution in [3.63, 3.8) is 0 Å². The van der Waals surface area contributed by atoms with E-state index >= 15 is 0 Å². The molecule has 0 radical (unpaired) electrons. The van der Waals surface area contributed by atoms with Crippen LogP contribution in [0, 0.1) is 5.92 Å². The number of nitrogens with one attached hydrogen (secondary N) is 2. The van der Waals surface area contributed by atoms with Crippen LogP contribution in [0.3, 0.4) is 0 Å². The molecule has 22 heavy (non-hydrogen) atoms. The van der Waals surface area contributed by atoms with Gasteiger partial charge in [-0.3, -0.25) is 4.99 Å². The minimum Gasteiger partial charge on any atom is -0.393 e. The molecule has 3 atom stereocenters. The summed E-state index contributed by atoms with van der Waals surface area (Å²) >= 11 is 1.73. The zero-order chi connectivity index (χ0) is 15.1. The zero-order valence-corrected chi connectivity index (χ0v) is 16.6. The monoisotopic (exact) mass is 437 g/mol. The number of hydrogen-bond donors (Lipinski definition) is 3. The van der Waals surface area contributed by atoms with Gasteiger partial charge in [0.05, 0.1) is 6.10 Å². The second kappa shape index (κ2) is 10.4. The van der Waals surface area contributed by atoms with Crippen molar-refractivity contribution in [3.8, 4) is 0 Å². The third-order valence-electron chi connectivity index (χ3n) is 4.13. The Balaban J connectivity index is 0.00000242. The van der Waals surface area contributed by atoms with Crippen molar-refractivity contribution in [2.45, 2.75) is 45.1 Å². The molecule has 3 N–H and O–H groups in total. The van der Waals surface area contributed by atoms with E-state index in [0.29, 0.717) is 11.8 Å². The van der Waals surface area contributed by atoms with Crippen molar-refractivity contribution in [3.05, 3.63) is 22.4 Å². The minimum absolute atomic E-state index is 0. The van der Waals surface area contributed by atoms with Gasteiger partial charge < -0.3 is 15.7 Å². The number of aliphatic hydroxyl groups excluding tert-OH is 1. The molecule has 0 amide bonds. The quantitative estimate of drug-likeness (QED) is 0.364. The molecule has 1 fully saturated rings. The predicted molar refractivity (Wildman–Crippen MR) is 105 cm³/mol. The van der Waals surface area contributed by atoms with Crippen LogP contribution in [0.5, 0.6) is 0 Å². The van der Waals surface area contributed by atoms with Gasteiger partial charge in [-0.2, -0.15) is 11.3 Å². The normalized spacial score (nSPS) is 23.0. The molecule has 1 aliphatic rings. The molecule has 126 valence electrons. The maximum Gasteiger partial charge on any atom is 0.191 e. The average Bonchev–Trinajstić information content (AvgIpc) is 3.13. The van der Waals surface area contributed by atoms with E-state index in [-0.39, 0.29) is 30.1 Å². The Morgan fingerprint density at radius 3 is 2.86 bits per heavy atom. The van der Waals surface area contributed by atoms with Gasteiger partial charge in [0.2, 0.25) is 0 Å². The number of aliphatic imine (C=N–C) groups is 1. The van der Waals surface area contributed by atoms with Gasteiger partial charge >= 0.3 is 0 Å². The summed E-state index contributed by atoms with van der Waals surface area (Å²) in [7, 11) is 0. The van der Waals surface area contributed by atoms with Crippen molar-refractivity contribution in [2.75, 3.05) is 19.6 Å². The number of nitrogens with zero attached hydrogens (tertiary/aromatic N) is 1. The minimum atomic E-state index is -0.148. The second-order valence-corrected chi connectivity index (χ2v) is 6.60. The maximum atomic E-state index is 9.88. The molecule has 1 aromatic heterocycles. The lowest BCUT2D eigenvalue weighted by Crippen LogP contribution is -2.41. The summed E-state index contributed by atoms with van der Waals surface area (Å²) in [5.41, 5.74) is 1.35. The number of halogens is 1. The smallest absolute Gasteiger partial charge is 0.191 e. The van der Waals surface area contributed by atoms with E-state index in [4.69, 9.17) is 0 Å². The Labute approximate surface area is 154 Å². The number of hydrogen-bond acceptors (Lipinski definition) is 3. The first-order valence-electron chi connectivity index (χ1n) is 7.93. The first-order chi connectivity index (χ1) is 10.2. The molecule has 0 bridgehead atoms. The third-order valence-corrected chi connectivity index (χ3v) is 4.83. The van der Waals surface area contributed by atoms with Crippen LogP contribution >= 0.6 is 35.3 Å². The Morgan fingerprint density at radius 2 is 2.27 bits per heavy atom. The molecule has 1 heterocycles. The highest BCUT2D eigenvalue weighted by molar-refractivity contribution is 14.0. The zero-order valence-electron chi connectivity index (χ0n) is 13.4. The van der Waals surface area contributed by atoms with Crippen LogP contribution in [0.2, 0.25) is 0 Å². The fraction of sp³-hybridized carbons (Fsp3) is 0.688. The van der Waals surface area contributed by atoms with Crippen molar-refractivity contribution in [2.24, 2.45) is 10.9 Å². The van der Waals surface area contributed by atoms with E-state index < -0.39 is 0 Å². The summed E-state index contributed by atoms with van der Waals surface area (Å²) in [6.07, 6.45) is 3.04. The molecule has 0 saturated heterocycles. The Kier molecular flexibility index (Phi) is 9.35. The summed E-state index contributed by atoms with van der Waals surface area (Å²) < 4.78 is 0. The fourth-order valence-electron chi connectivity index (χ4n) is 2.71. The Hall–Kier alpha value is -0.340. The molecular formula is C16H28IN3OS. The summed E-state index contributed by atoms with van der Waals surface area (Å²) in [6.45, 7) is 6.71. The first kappa shape index (κ1) is 19.7. The largest absolute Gasteiger partial charge is 0.393 e. The van der Waals surface area contributed by atoms with Crippen molar-refractivity contribution in [1.82, 2.24) is 10.6 Å². The van der Waals surface area contributed by atoms with Crippen molar-refractivity contribution in [1.29, 1.82) is 0 Å². The molecule has 1 aliphatic carbocycles. The van der Waals surface area contributed by atoms with Gasteiger partial charge in [0.1, 0.15) is 0 Å². The summed E-state index contributed by atoms with van der Waals surface area (Å²) in [5, 5.41) is 20.8. The molecule has 1 saturated carbocycles. The summed E-state index contributed by atoms with van der Waals surface area (Å²) in [4.78, 5) is 4.67. The highest BCUT2D eigenvalue weighted by Crippen LogP contribution is 2.24. The number of rotatable bonds is 6. The standard InChI is InChI=1S/C16H27N3OS.HI/c1-3-17-16(19-10-13-5-4-6-15(13)20)18-9-12(2)14-7-8-21-11-14;/h7-8,11-13,15,20H,3-6,9-10H2,1-2H3,(H2,17,18,19);1H. The van der Waals surface area contributed by atoms with Crippen LogP contribution < -0.4 is 10.6 Å². The molecule has 1 aromatic rings. The van der Waals surface area contributed by atoms with Crippen molar-refractivity contribution >= 4 is 41.3 Å². The van der Waals surface area contributed by atoms with Crippen LogP contribution in [0.15, 0.2) is 21.8 Å². The molecule has 0 spiro atoms. The lowest BCUT2D eigenvalue weighted by molar-refractivity contribution is 0.134. The van der Waals surface area contributed by atoms with E-state index in [1.165, 1.54) is 5.56 Å². The molecule has 6 heteroatoms. The number of thiophene rings is 1. The predicted octanol–water partition coefficient (Wildman–Crippen LogP) is 3.19. The van der Waals surface area contributed by atoms with Gasteiger partial charge in [-0.15, -0.1) is 24.0 Å². The van der Waals surface area contributed by atoms with Crippen LogP contribution in [0.25, 0.3) is 0 Å². The molecule has 2 rings (SSSR count). The van der Waals surface area contributed by atoms with Gasteiger partial charge in [-0.05, 0) is 42.2 Å². The maximum absolute atomic E-state index is 9.88. The first-order valence-corrected chi connectivity index (χ1v) is 8.87. The van der Waals surface area contributed by atoms with E-state index in [1.54, 1.807) is 11.3 Å². The van der Waals surface area contributed by atoms with Gasteiger partial charge in [0, 0.05) is 31.5 Å². The SMILES string of the molecule is CCNC(=NCC(C)c1ccsc1)NCC1CCCC1O.I. The summed E-state index contributed by atoms with van der Waals surface area (Å²) in [5.74, 6) is 1.66. The van der Waals surface area contributed by atoms with E-state index in [2.05, 4.69) is 46.3 Å². The topological polar surface area (TPSA) is 56.7 Å². The Morgan fingerprint density at radius 1 is 1.45 bits per heavy atom. The molecule has 0 aromatic carbocycles. The number of aliphatic hydroxyl groups is 1. The van der Waals surface area contributed by atoms with Crippen LogP contribution in [0.4, 0.5) is 0 Å². The lowest BCUT2D eigenvalue weighted by atomic mass is 10.1. The van der Waals surface area contributed by atoms with Crippen LogP contribution in [-0.2, 0) is 0 Å². The van der Waals surface area contributed by atoms with Gasteiger partial charge in [-0.1, -0.05) is 13.3 Å². The van der Waals surface area contributed by atoms with Crippen LogP contribution in [-0.4, -0.2) is 36.8 Å². The van der Waals surface area contributed by atoms with E-state index in [0.717, 1.165) is 44.9 Å². The molecule has 4 nitrogen and oxygen atoms in total. The number of guanidine groups is 1. The van der Waals surface area contributed by atoms with Crippen molar-refractivity contribution < 1.29 is 5.11 Å². The molecule has 3 unspecified atom stereocenters. The molecular weight excluding hydrogens is 409 g/mol. The third kappa shape index (κ3) is 6.04. The van der Waals surface area contributed by atoms with Gasteiger partial charge in [0.25, 0.3) is 0 Å². The second-order valence-electron chi connectivity index (χ2n) is 5.82. The van der Waals surface area contributed by atoms with E-state index in [1.807, 2.05) is 0 Å². The summed E-state index contributed by atoms with van der Waals surface area (Å²) in [6, 6.07) is 2.17. The van der Waals surface area contributed by atoms with Gasteiger partial charge in [0.15, 0.2) is 5.96 Å². The molecule has 0 aliphatic heterocycles. The highest BCUT2D eigenvalue weighted by atomic mass is 127.